The number of aryl methyl sites for hydroxylation is 1. The van der Waals surface area contributed by atoms with Crippen LogP contribution in [-0.4, -0.2) is 23.2 Å². The minimum absolute atomic E-state index is 0.0565. The number of hydrogen-bond donors (Lipinski definition) is 3. The summed E-state index contributed by atoms with van der Waals surface area (Å²) in [4.78, 5) is 12.2. The Hall–Kier alpha value is -1.62. The molecule has 1 fully saturated rings. The largest absolute Gasteiger partial charge is 0.399 e. The van der Waals surface area contributed by atoms with Gasteiger partial charge in [-0.2, -0.15) is 0 Å². The molecule has 0 aromatic heterocycles. The zero-order valence-electron chi connectivity index (χ0n) is 11.7. The van der Waals surface area contributed by atoms with Crippen molar-refractivity contribution in [1.29, 1.82) is 0 Å². The van der Waals surface area contributed by atoms with Gasteiger partial charge in [0.15, 0.2) is 0 Å². The van der Waals surface area contributed by atoms with E-state index >= 15 is 0 Å². The van der Waals surface area contributed by atoms with E-state index in [2.05, 4.69) is 5.32 Å². The first kappa shape index (κ1) is 14.8. The van der Waals surface area contributed by atoms with Gasteiger partial charge in [-0.15, -0.1) is 0 Å². The fourth-order valence-corrected chi connectivity index (χ4v) is 2.67. The van der Waals surface area contributed by atoms with Crippen molar-refractivity contribution in [2.45, 2.75) is 51.2 Å². The van der Waals surface area contributed by atoms with Crippen LogP contribution in [0.3, 0.4) is 0 Å². The first-order valence-electron chi connectivity index (χ1n) is 7.03. The van der Waals surface area contributed by atoms with Crippen LogP contribution in [0.2, 0.25) is 0 Å². The van der Waals surface area contributed by atoms with Crippen molar-refractivity contribution < 1.29 is 14.3 Å². The fraction of sp³-hybridized carbons (Fsp3) is 0.533. The van der Waals surface area contributed by atoms with E-state index in [0.717, 1.165) is 25.7 Å². The summed E-state index contributed by atoms with van der Waals surface area (Å²) >= 11 is 0. The highest BCUT2D eigenvalue weighted by molar-refractivity contribution is 5.95. The van der Waals surface area contributed by atoms with Gasteiger partial charge >= 0.3 is 0 Å². The lowest BCUT2D eigenvalue weighted by Crippen LogP contribution is -2.43. The molecule has 0 heterocycles. The number of benzene rings is 1. The van der Waals surface area contributed by atoms with Crippen LogP contribution in [0, 0.1) is 12.7 Å². The Balaban J connectivity index is 2.15. The van der Waals surface area contributed by atoms with Crippen molar-refractivity contribution in [1.82, 2.24) is 5.32 Å². The van der Waals surface area contributed by atoms with Crippen LogP contribution in [0.4, 0.5) is 10.1 Å². The highest BCUT2D eigenvalue weighted by atomic mass is 19.1. The van der Waals surface area contributed by atoms with Crippen LogP contribution in [0.25, 0.3) is 0 Å². The van der Waals surface area contributed by atoms with Gasteiger partial charge in [-0.1, -0.05) is 19.3 Å². The molecular formula is C15H21FN2O2. The average Bonchev–Trinajstić information content (AvgIpc) is 2.59. The van der Waals surface area contributed by atoms with Crippen LogP contribution >= 0.6 is 0 Å². The molecule has 1 aromatic carbocycles. The van der Waals surface area contributed by atoms with E-state index in [1.165, 1.54) is 12.1 Å². The summed E-state index contributed by atoms with van der Waals surface area (Å²) in [7, 11) is 0. The Morgan fingerprint density at radius 1 is 1.35 bits per heavy atom. The minimum atomic E-state index is -0.563. The molecule has 0 aliphatic heterocycles. The van der Waals surface area contributed by atoms with Gasteiger partial charge in [0.25, 0.3) is 5.91 Å². The summed E-state index contributed by atoms with van der Waals surface area (Å²) < 4.78 is 14.0. The highest BCUT2D eigenvalue weighted by Crippen LogP contribution is 2.20. The van der Waals surface area contributed by atoms with Crippen LogP contribution in [-0.2, 0) is 0 Å². The zero-order valence-corrected chi connectivity index (χ0v) is 11.7. The second kappa shape index (κ2) is 6.22. The molecule has 0 spiro atoms. The lowest BCUT2D eigenvalue weighted by atomic mass is 10.0. The molecular weight excluding hydrogens is 259 g/mol. The summed E-state index contributed by atoms with van der Waals surface area (Å²) in [5.74, 6) is -1.07. The SMILES string of the molecule is Cc1cc(N)cc(C(=O)NC2CCCCCC2O)c1F. The maximum Gasteiger partial charge on any atom is 0.254 e. The highest BCUT2D eigenvalue weighted by Gasteiger charge is 2.25. The number of rotatable bonds is 2. The molecule has 4 nitrogen and oxygen atoms in total. The van der Waals surface area contributed by atoms with E-state index in [-0.39, 0.29) is 11.6 Å². The number of nitrogens with one attached hydrogen (secondary N) is 1. The Morgan fingerprint density at radius 2 is 2.05 bits per heavy atom. The molecule has 1 aliphatic carbocycles. The van der Waals surface area contributed by atoms with E-state index < -0.39 is 17.8 Å². The Labute approximate surface area is 118 Å². The molecule has 2 unspecified atom stereocenters. The molecule has 1 amide bonds. The maximum absolute atomic E-state index is 14.0. The molecule has 110 valence electrons. The molecule has 0 bridgehead atoms. The van der Waals surface area contributed by atoms with E-state index in [4.69, 9.17) is 5.73 Å². The van der Waals surface area contributed by atoms with Gasteiger partial charge in [-0.3, -0.25) is 4.79 Å². The van der Waals surface area contributed by atoms with E-state index in [1.807, 2.05) is 0 Å². The van der Waals surface area contributed by atoms with Crippen LogP contribution < -0.4 is 11.1 Å². The second-order valence-corrected chi connectivity index (χ2v) is 5.48. The Morgan fingerprint density at radius 3 is 2.80 bits per heavy atom. The van der Waals surface area contributed by atoms with Crippen molar-refractivity contribution in [3.8, 4) is 0 Å². The molecule has 2 rings (SSSR count). The van der Waals surface area contributed by atoms with Gasteiger partial charge in [-0.05, 0) is 37.5 Å². The molecule has 20 heavy (non-hydrogen) atoms. The topological polar surface area (TPSA) is 75.4 Å². The van der Waals surface area contributed by atoms with Crippen LogP contribution in [0.5, 0.6) is 0 Å². The number of hydrogen-bond acceptors (Lipinski definition) is 3. The van der Waals surface area contributed by atoms with Gasteiger partial charge in [0.05, 0.1) is 17.7 Å². The summed E-state index contributed by atoms with van der Waals surface area (Å²) in [6, 6.07) is 2.51. The van der Waals surface area contributed by atoms with E-state index in [1.54, 1.807) is 6.92 Å². The third kappa shape index (κ3) is 3.28. The molecule has 1 saturated carbocycles. The second-order valence-electron chi connectivity index (χ2n) is 5.48. The summed E-state index contributed by atoms with van der Waals surface area (Å²) in [5, 5.41) is 12.7. The fourth-order valence-electron chi connectivity index (χ4n) is 2.67. The zero-order chi connectivity index (χ0) is 14.7. The van der Waals surface area contributed by atoms with Gasteiger partial charge in [0, 0.05) is 5.69 Å². The number of anilines is 1. The standard InChI is InChI=1S/C15H21FN2O2/c1-9-7-10(17)8-11(14(9)16)15(20)18-12-5-3-2-4-6-13(12)19/h7-8,12-13,19H,2-6,17H2,1H3,(H,18,20). The molecule has 0 saturated heterocycles. The van der Waals surface area contributed by atoms with Gasteiger partial charge in [0.2, 0.25) is 0 Å². The number of nitrogen functional groups attached to an aromatic ring is 1. The first-order chi connectivity index (χ1) is 9.49. The van der Waals surface area contributed by atoms with Crippen molar-refractivity contribution >= 4 is 11.6 Å². The van der Waals surface area contributed by atoms with Crippen LogP contribution in [0.15, 0.2) is 12.1 Å². The number of carbonyl (C=O) groups is 1. The van der Waals surface area contributed by atoms with Crippen molar-refractivity contribution in [3.05, 3.63) is 29.1 Å². The predicted octanol–water partition coefficient (Wildman–Crippen LogP) is 2.14. The third-order valence-corrected chi connectivity index (χ3v) is 3.82. The predicted molar refractivity (Wildman–Crippen MR) is 75.9 cm³/mol. The Bertz CT molecular complexity index is 505. The van der Waals surface area contributed by atoms with Gasteiger partial charge < -0.3 is 16.2 Å². The lowest BCUT2D eigenvalue weighted by Gasteiger charge is -2.22. The molecule has 2 atom stereocenters. The van der Waals surface area contributed by atoms with Crippen molar-refractivity contribution in [3.63, 3.8) is 0 Å². The van der Waals surface area contributed by atoms with Crippen molar-refractivity contribution in [2.24, 2.45) is 0 Å². The maximum atomic E-state index is 14.0. The third-order valence-electron chi connectivity index (χ3n) is 3.82. The van der Waals surface area contributed by atoms with Gasteiger partial charge in [-0.25, -0.2) is 4.39 Å². The minimum Gasteiger partial charge on any atom is -0.399 e. The molecule has 1 aliphatic rings. The Kier molecular flexibility index (Phi) is 4.60. The number of nitrogens with two attached hydrogens (primary N) is 1. The first-order valence-corrected chi connectivity index (χ1v) is 7.03. The smallest absolute Gasteiger partial charge is 0.254 e. The van der Waals surface area contributed by atoms with E-state index in [0.29, 0.717) is 17.7 Å². The monoisotopic (exact) mass is 280 g/mol. The summed E-state index contributed by atoms with van der Waals surface area (Å²) in [5.41, 5.74) is 6.30. The number of aliphatic hydroxyl groups is 1. The average molecular weight is 280 g/mol. The van der Waals surface area contributed by atoms with Gasteiger partial charge in [0.1, 0.15) is 5.82 Å². The lowest BCUT2D eigenvalue weighted by molar-refractivity contribution is 0.0815. The molecule has 5 heteroatoms. The quantitative estimate of drug-likeness (QED) is 0.574. The molecule has 0 radical (unpaired) electrons. The number of amides is 1. The van der Waals surface area contributed by atoms with E-state index in [9.17, 15) is 14.3 Å². The number of carbonyl (C=O) groups excluding carboxylic acids is 1. The summed E-state index contributed by atoms with van der Waals surface area (Å²) in [6.45, 7) is 1.57. The van der Waals surface area contributed by atoms with Crippen LogP contribution in [0.1, 0.15) is 48.0 Å². The van der Waals surface area contributed by atoms with Crippen molar-refractivity contribution in [2.75, 3.05) is 5.73 Å². The summed E-state index contributed by atoms with van der Waals surface area (Å²) in [6.07, 6.45) is 3.79. The number of aliphatic hydroxyl groups excluding tert-OH is 1. The molecule has 4 N–H and O–H groups in total. The normalized spacial score (nSPS) is 23.1. The molecule has 1 aromatic rings. The number of halogens is 1.